The van der Waals surface area contributed by atoms with Crippen LogP contribution in [0.25, 0.3) is 0 Å². The standard InChI is InChI=1S/C14H15Br2ClO/c15-9-4-3-5-10(16)13(9)18-12-8-11(17)14(12)6-1-2-7-14/h3-5,11-12H,1-2,6-8H2. The Morgan fingerprint density at radius 3 is 2.33 bits per heavy atom. The Labute approximate surface area is 129 Å². The van der Waals surface area contributed by atoms with Crippen LogP contribution in [0.2, 0.25) is 0 Å². The van der Waals surface area contributed by atoms with E-state index in [4.69, 9.17) is 16.3 Å². The quantitative estimate of drug-likeness (QED) is 0.599. The first-order chi connectivity index (χ1) is 8.63. The van der Waals surface area contributed by atoms with E-state index in [9.17, 15) is 0 Å². The summed E-state index contributed by atoms with van der Waals surface area (Å²) in [4.78, 5) is 0. The van der Waals surface area contributed by atoms with E-state index in [0.717, 1.165) is 21.1 Å². The summed E-state index contributed by atoms with van der Waals surface area (Å²) < 4.78 is 8.25. The maximum Gasteiger partial charge on any atom is 0.148 e. The van der Waals surface area contributed by atoms with Crippen LogP contribution in [0, 0.1) is 5.41 Å². The van der Waals surface area contributed by atoms with Gasteiger partial charge < -0.3 is 4.74 Å². The van der Waals surface area contributed by atoms with Gasteiger partial charge in [-0.15, -0.1) is 11.6 Å². The molecule has 0 saturated heterocycles. The van der Waals surface area contributed by atoms with E-state index >= 15 is 0 Å². The van der Waals surface area contributed by atoms with Gasteiger partial charge in [-0.2, -0.15) is 0 Å². The zero-order valence-electron chi connectivity index (χ0n) is 9.96. The summed E-state index contributed by atoms with van der Waals surface area (Å²) in [5.74, 6) is 0.914. The molecule has 1 spiro atoms. The molecule has 0 aromatic heterocycles. The number of halogens is 3. The zero-order chi connectivity index (χ0) is 12.8. The van der Waals surface area contributed by atoms with Crippen molar-refractivity contribution >= 4 is 43.5 Å². The number of rotatable bonds is 2. The first-order valence-corrected chi connectivity index (χ1v) is 8.40. The van der Waals surface area contributed by atoms with Crippen molar-refractivity contribution in [3.63, 3.8) is 0 Å². The van der Waals surface area contributed by atoms with E-state index in [2.05, 4.69) is 31.9 Å². The van der Waals surface area contributed by atoms with Gasteiger partial charge in [0.1, 0.15) is 11.9 Å². The van der Waals surface area contributed by atoms with E-state index in [1.165, 1.54) is 25.7 Å². The Morgan fingerprint density at radius 1 is 1.17 bits per heavy atom. The highest BCUT2D eigenvalue weighted by Gasteiger charge is 2.57. The number of ether oxygens (including phenoxy) is 1. The number of hydrogen-bond donors (Lipinski definition) is 0. The van der Waals surface area contributed by atoms with Crippen molar-refractivity contribution in [3.05, 3.63) is 27.1 Å². The molecule has 98 valence electrons. The van der Waals surface area contributed by atoms with Crippen LogP contribution >= 0.6 is 43.5 Å². The minimum Gasteiger partial charge on any atom is -0.487 e. The maximum atomic E-state index is 6.45. The lowest BCUT2D eigenvalue weighted by molar-refractivity contribution is -0.0364. The van der Waals surface area contributed by atoms with E-state index in [1.54, 1.807) is 0 Å². The molecule has 4 heteroatoms. The molecule has 0 amide bonds. The second-order valence-corrected chi connectivity index (χ2v) is 7.54. The van der Waals surface area contributed by atoms with Crippen molar-refractivity contribution in [1.82, 2.24) is 0 Å². The third-order valence-electron chi connectivity index (χ3n) is 4.40. The lowest BCUT2D eigenvalue weighted by atomic mass is 9.64. The van der Waals surface area contributed by atoms with Gasteiger partial charge in [0.25, 0.3) is 0 Å². The third kappa shape index (κ3) is 2.03. The molecule has 0 bridgehead atoms. The number of alkyl halides is 1. The third-order valence-corrected chi connectivity index (χ3v) is 6.26. The van der Waals surface area contributed by atoms with Crippen LogP contribution in [0.15, 0.2) is 27.1 Å². The van der Waals surface area contributed by atoms with Crippen LogP contribution < -0.4 is 4.74 Å². The highest BCUT2D eigenvalue weighted by Crippen LogP contribution is 2.57. The van der Waals surface area contributed by atoms with Crippen LogP contribution in [0.3, 0.4) is 0 Å². The van der Waals surface area contributed by atoms with Crippen LogP contribution in [0.5, 0.6) is 5.75 Å². The zero-order valence-corrected chi connectivity index (χ0v) is 13.9. The minimum atomic E-state index is 0.232. The molecule has 2 aliphatic carbocycles. The predicted octanol–water partition coefficient (Wildman–Crippen LogP) is 5.53. The molecule has 2 saturated carbocycles. The molecule has 3 rings (SSSR count). The van der Waals surface area contributed by atoms with Crippen molar-refractivity contribution in [1.29, 1.82) is 0 Å². The van der Waals surface area contributed by atoms with E-state index in [1.807, 2.05) is 18.2 Å². The van der Waals surface area contributed by atoms with Crippen LogP contribution in [0.1, 0.15) is 32.1 Å². The van der Waals surface area contributed by atoms with Gasteiger partial charge in [-0.05, 0) is 56.8 Å². The molecular formula is C14H15Br2ClO. The molecular weight excluding hydrogens is 379 g/mol. The number of benzene rings is 1. The normalized spacial score (nSPS) is 29.3. The molecule has 0 aliphatic heterocycles. The lowest BCUT2D eigenvalue weighted by Crippen LogP contribution is -2.55. The van der Waals surface area contributed by atoms with E-state index in [-0.39, 0.29) is 11.5 Å². The molecule has 2 aliphatic rings. The van der Waals surface area contributed by atoms with E-state index in [0.29, 0.717) is 5.38 Å². The molecule has 0 N–H and O–H groups in total. The number of para-hydroxylation sites is 1. The molecule has 0 radical (unpaired) electrons. The second-order valence-electron chi connectivity index (χ2n) is 5.30. The smallest absolute Gasteiger partial charge is 0.148 e. The van der Waals surface area contributed by atoms with Crippen LogP contribution in [0.4, 0.5) is 0 Å². The molecule has 1 aromatic rings. The molecule has 2 unspecified atom stereocenters. The average molecular weight is 395 g/mol. The van der Waals surface area contributed by atoms with E-state index < -0.39 is 0 Å². The van der Waals surface area contributed by atoms with Crippen molar-refractivity contribution in [2.75, 3.05) is 0 Å². The summed E-state index contributed by atoms with van der Waals surface area (Å²) in [5, 5.41) is 0.297. The molecule has 1 aromatic carbocycles. The van der Waals surface area contributed by atoms with Crippen molar-refractivity contribution in [2.45, 2.75) is 43.6 Å². The first-order valence-electron chi connectivity index (χ1n) is 6.38. The summed E-state index contributed by atoms with van der Waals surface area (Å²) >= 11 is 13.6. The Morgan fingerprint density at radius 2 is 1.78 bits per heavy atom. The van der Waals surface area contributed by atoms with Crippen LogP contribution in [-0.4, -0.2) is 11.5 Å². The average Bonchev–Trinajstić information content (AvgIpc) is 2.84. The Hall–Kier alpha value is 0.270. The second kappa shape index (κ2) is 4.99. The Kier molecular flexibility index (Phi) is 3.68. The Bertz CT molecular complexity index is 437. The van der Waals surface area contributed by atoms with Gasteiger partial charge in [-0.3, -0.25) is 0 Å². The highest BCUT2D eigenvalue weighted by molar-refractivity contribution is 9.11. The fourth-order valence-electron chi connectivity index (χ4n) is 3.27. The van der Waals surface area contributed by atoms with Crippen LogP contribution in [-0.2, 0) is 0 Å². The monoisotopic (exact) mass is 392 g/mol. The fraction of sp³-hybridized carbons (Fsp3) is 0.571. The van der Waals surface area contributed by atoms with Gasteiger partial charge in [-0.1, -0.05) is 18.9 Å². The largest absolute Gasteiger partial charge is 0.487 e. The minimum absolute atomic E-state index is 0.232. The van der Waals surface area contributed by atoms with Gasteiger partial charge in [0.05, 0.1) is 8.95 Å². The van der Waals surface area contributed by atoms with Gasteiger partial charge in [0, 0.05) is 17.2 Å². The lowest BCUT2D eigenvalue weighted by Gasteiger charge is -2.51. The SMILES string of the molecule is ClC1CC(Oc2c(Br)cccc2Br)C12CCCC2. The van der Waals surface area contributed by atoms with Crippen molar-refractivity contribution in [3.8, 4) is 5.75 Å². The molecule has 2 fully saturated rings. The fourth-order valence-corrected chi connectivity index (χ4v) is 4.98. The first kappa shape index (κ1) is 13.3. The van der Waals surface area contributed by atoms with Gasteiger partial charge in [0.15, 0.2) is 0 Å². The topological polar surface area (TPSA) is 9.23 Å². The van der Waals surface area contributed by atoms with Crippen molar-refractivity contribution in [2.24, 2.45) is 5.41 Å². The highest BCUT2D eigenvalue weighted by atomic mass is 79.9. The summed E-state index contributed by atoms with van der Waals surface area (Å²) in [5.41, 5.74) is 0.232. The Balaban J connectivity index is 1.81. The predicted molar refractivity (Wildman–Crippen MR) is 81.4 cm³/mol. The summed E-state index contributed by atoms with van der Waals surface area (Å²) in [6, 6.07) is 6.02. The summed E-state index contributed by atoms with van der Waals surface area (Å²) in [7, 11) is 0. The summed E-state index contributed by atoms with van der Waals surface area (Å²) in [6.45, 7) is 0. The van der Waals surface area contributed by atoms with Gasteiger partial charge in [-0.25, -0.2) is 0 Å². The molecule has 18 heavy (non-hydrogen) atoms. The van der Waals surface area contributed by atoms with Gasteiger partial charge >= 0.3 is 0 Å². The summed E-state index contributed by atoms with van der Waals surface area (Å²) in [6.07, 6.45) is 6.26. The van der Waals surface area contributed by atoms with Crippen molar-refractivity contribution < 1.29 is 4.74 Å². The molecule has 1 nitrogen and oxygen atoms in total. The maximum absolute atomic E-state index is 6.45. The molecule has 0 heterocycles. The number of hydrogen-bond acceptors (Lipinski definition) is 1. The van der Waals surface area contributed by atoms with Gasteiger partial charge in [0.2, 0.25) is 0 Å². The molecule has 2 atom stereocenters.